The van der Waals surface area contributed by atoms with Crippen LogP contribution in [0.4, 0.5) is 0 Å². The molecule has 0 aliphatic heterocycles. The molecule has 0 saturated carbocycles. The van der Waals surface area contributed by atoms with E-state index in [9.17, 15) is 0 Å². The number of furan rings is 1. The molecule has 0 N–H and O–H groups in total. The molecule has 3 aromatic heterocycles. The fourth-order valence-corrected chi connectivity index (χ4v) is 3.92. The summed E-state index contributed by atoms with van der Waals surface area (Å²) in [5.74, 6) is 0. The molecule has 0 amide bonds. The lowest BCUT2D eigenvalue weighted by molar-refractivity contribution is -0.660. The van der Waals surface area contributed by atoms with Gasteiger partial charge >= 0.3 is 0 Å². The lowest BCUT2D eigenvalue weighted by Crippen LogP contribution is -2.30. The Morgan fingerprint density at radius 2 is 1.62 bits per heavy atom. The van der Waals surface area contributed by atoms with Gasteiger partial charge < -0.3 is 4.42 Å². The highest BCUT2D eigenvalue weighted by molar-refractivity contribution is 6.20. The van der Waals surface area contributed by atoms with Gasteiger partial charge in [0.15, 0.2) is 11.8 Å². The van der Waals surface area contributed by atoms with Gasteiger partial charge in [0.2, 0.25) is 11.4 Å². The summed E-state index contributed by atoms with van der Waals surface area (Å²) >= 11 is 0. The first kappa shape index (κ1) is 15.1. The predicted molar refractivity (Wildman–Crippen MR) is 105 cm³/mol. The molecule has 3 heterocycles. The molecule has 5 aromatic rings. The molecule has 0 aliphatic rings. The van der Waals surface area contributed by atoms with Gasteiger partial charge in [0.05, 0.1) is 10.9 Å². The zero-order valence-electron chi connectivity index (χ0n) is 15.1. The first-order chi connectivity index (χ1) is 12.6. The number of hydrogen-bond donors (Lipinski definition) is 0. The van der Waals surface area contributed by atoms with Gasteiger partial charge in [0.25, 0.3) is 0 Å². The maximum atomic E-state index is 6.34. The van der Waals surface area contributed by atoms with Crippen molar-refractivity contribution < 1.29 is 8.98 Å². The quantitative estimate of drug-likeness (QED) is 0.391. The van der Waals surface area contributed by atoms with Crippen LogP contribution in [-0.2, 0) is 7.05 Å². The van der Waals surface area contributed by atoms with E-state index in [0.717, 1.165) is 33.3 Å². The van der Waals surface area contributed by atoms with Crippen LogP contribution in [0.15, 0.2) is 65.2 Å². The lowest BCUT2D eigenvalue weighted by atomic mass is 9.99. The van der Waals surface area contributed by atoms with Crippen molar-refractivity contribution in [3.05, 3.63) is 72.1 Å². The van der Waals surface area contributed by atoms with E-state index >= 15 is 0 Å². The average molecular weight is 339 g/mol. The van der Waals surface area contributed by atoms with Crippen LogP contribution in [0.1, 0.15) is 11.3 Å². The Morgan fingerprint density at radius 3 is 2.42 bits per heavy atom. The molecule has 26 heavy (non-hydrogen) atoms. The Balaban J connectivity index is 2.00. The molecule has 5 rings (SSSR count). The standard InChI is InChI=1S/C23H19N2O/c1-14-11-12-18-21-17-9-5-4-8-16(17)15(2)24-23(21)26-22(18)20(14)19-10-6-7-13-25(19)3/h4-13H,1-3H3/q+1. The molecular weight excluding hydrogens is 320 g/mol. The van der Waals surface area contributed by atoms with E-state index in [0.29, 0.717) is 5.71 Å². The summed E-state index contributed by atoms with van der Waals surface area (Å²) in [4.78, 5) is 4.75. The van der Waals surface area contributed by atoms with E-state index in [1.165, 1.54) is 16.3 Å². The maximum Gasteiger partial charge on any atom is 0.228 e. The van der Waals surface area contributed by atoms with Crippen LogP contribution in [-0.4, -0.2) is 4.98 Å². The second kappa shape index (κ2) is 5.40. The third-order valence-corrected chi connectivity index (χ3v) is 5.21. The van der Waals surface area contributed by atoms with Crippen LogP contribution in [0, 0.1) is 13.8 Å². The summed E-state index contributed by atoms with van der Waals surface area (Å²) in [6, 6.07) is 19.0. The zero-order valence-corrected chi connectivity index (χ0v) is 15.1. The van der Waals surface area contributed by atoms with E-state index < -0.39 is 0 Å². The summed E-state index contributed by atoms with van der Waals surface area (Å²) in [7, 11) is 2.06. The number of pyridine rings is 2. The second-order valence-electron chi connectivity index (χ2n) is 6.86. The summed E-state index contributed by atoms with van der Waals surface area (Å²) in [6.45, 7) is 4.17. The van der Waals surface area contributed by atoms with Gasteiger partial charge in [-0.2, -0.15) is 0 Å². The van der Waals surface area contributed by atoms with Crippen molar-refractivity contribution in [1.29, 1.82) is 0 Å². The third kappa shape index (κ3) is 2.00. The zero-order chi connectivity index (χ0) is 17.8. The highest BCUT2D eigenvalue weighted by atomic mass is 16.3. The van der Waals surface area contributed by atoms with Crippen molar-refractivity contribution in [2.24, 2.45) is 7.05 Å². The number of fused-ring (bicyclic) bond motifs is 5. The second-order valence-corrected chi connectivity index (χ2v) is 6.86. The summed E-state index contributed by atoms with van der Waals surface area (Å²) in [6.07, 6.45) is 2.06. The minimum atomic E-state index is 0.710. The van der Waals surface area contributed by atoms with Crippen molar-refractivity contribution >= 4 is 32.8 Å². The summed E-state index contributed by atoms with van der Waals surface area (Å²) in [5, 5.41) is 4.59. The highest BCUT2D eigenvalue weighted by Crippen LogP contribution is 2.39. The van der Waals surface area contributed by atoms with Crippen LogP contribution in [0.3, 0.4) is 0 Å². The maximum absolute atomic E-state index is 6.34. The molecular formula is C23H19N2O+. The molecule has 0 radical (unpaired) electrons. The van der Waals surface area contributed by atoms with Gasteiger partial charge in [-0.1, -0.05) is 36.4 Å². The topological polar surface area (TPSA) is 29.9 Å². The van der Waals surface area contributed by atoms with E-state index in [1.54, 1.807) is 0 Å². The number of aryl methyl sites for hydroxylation is 3. The lowest BCUT2D eigenvalue weighted by Gasteiger charge is -2.05. The first-order valence-electron chi connectivity index (χ1n) is 8.81. The van der Waals surface area contributed by atoms with Crippen LogP contribution < -0.4 is 4.57 Å². The fourth-order valence-electron chi connectivity index (χ4n) is 3.92. The van der Waals surface area contributed by atoms with Crippen molar-refractivity contribution in [3.8, 4) is 11.3 Å². The molecule has 3 nitrogen and oxygen atoms in total. The van der Waals surface area contributed by atoms with Gasteiger partial charge in [-0.25, -0.2) is 9.55 Å². The SMILES string of the molecule is Cc1ccc2c(oc3nc(C)c4ccccc4c32)c1-c1cccc[n+]1C. The molecule has 0 atom stereocenters. The Kier molecular flexibility index (Phi) is 3.13. The van der Waals surface area contributed by atoms with Gasteiger partial charge in [-0.3, -0.25) is 0 Å². The first-order valence-corrected chi connectivity index (χ1v) is 8.81. The van der Waals surface area contributed by atoms with Crippen LogP contribution in [0.5, 0.6) is 0 Å². The van der Waals surface area contributed by atoms with Crippen LogP contribution in [0.25, 0.3) is 44.1 Å². The Labute approximate surface area is 151 Å². The molecule has 2 aromatic carbocycles. The number of aromatic nitrogens is 2. The van der Waals surface area contributed by atoms with Crippen molar-refractivity contribution in [2.75, 3.05) is 0 Å². The molecule has 3 heteroatoms. The molecule has 0 fully saturated rings. The Morgan fingerprint density at radius 1 is 0.846 bits per heavy atom. The highest BCUT2D eigenvalue weighted by Gasteiger charge is 2.21. The largest absolute Gasteiger partial charge is 0.437 e. The normalized spacial score (nSPS) is 11.7. The van der Waals surface area contributed by atoms with E-state index in [-0.39, 0.29) is 0 Å². The molecule has 0 unspecified atom stereocenters. The molecule has 0 spiro atoms. The summed E-state index contributed by atoms with van der Waals surface area (Å²) in [5.41, 5.74) is 6.07. The van der Waals surface area contributed by atoms with Crippen LogP contribution >= 0.6 is 0 Å². The number of nitrogens with zero attached hydrogens (tertiary/aromatic N) is 2. The van der Waals surface area contributed by atoms with Crippen LogP contribution in [0.2, 0.25) is 0 Å². The number of hydrogen-bond acceptors (Lipinski definition) is 2. The monoisotopic (exact) mass is 339 g/mol. The van der Waals surface area contributed by atoms with Crippen molar-refractivity contribution in [3.63, 3.8) is 0 Å². The van der Waals surface area contributed by atoms with Gasteiger partial charge in [-0.05, 0) is 30.9 Å². The molecule has 0 aliphatic carbocycles. The van der Waals surface area contributed by atoms with Crippen molar-refractivity contribution in [2.45, 2.75) is 13.8 Å². The number of rotatable bonds is 1. The van der Waals surface area contributed by atoms with E-state index in [2.05, 4.69) is 73.3 Å². The molecule has 0 saturated heterocycles. The Hall–Kier alpha value is -3.20. The fraction of sp³-hybridized carbons (Fsp3) is 0.130. The number of benzene rings is 2. The van der Waals surface area contributed by atoms with Gasteiger partial charge in [0, 0.05) is 28.6 Å². The van der Waals surface area contributed by atoms with Gasteiger partial charge in [-0.15, -0.1) is 0 Å². The van der Waals surface area contributed by atoms with Gasteiger partial charge in [0.1, 0.15) is 7.05 Å². The van der Waals surface area contributed by atoms with E-state index in [4.69, 9.17) is 9.40 Å². The minimum absolute atomic E-state index is 0.710. The average Bonchev–Trinajstić information content (AvgIpc) is 3.01. The minimum Gasteiger partial charge on any atom is -0.437 e. The van der Waals surface area contributed by atoms with Crippen molar-refractivity contribution in [1.82, 2.24) is 4.98 Å². The third-order valence-electron chi connectivity index (χ3n) is 5.21. The molecule has 126 valence electrons. The Bertz CT molecular complexity index is 1310. The molecule has 0 bridgehead atoms. The smallest absolute Gasteiger partial charge is 0.228 e. The van der Waals surface area contributed by atoms with E-state index in [1.807, 2.05) is 13.0 Å². The summed E-state index contributed by atoms with van der Waals surface area (Å²) < 4.78 is 8.47. The predicted octanol–water partition coefficient (Wildman–Crippen LogP) is 5.24.